The van der Waals surface area contributed by atoms with Gasteiger partial charge in [-0.3, -0.25) is 14.6 Å². The first-order valence-electron chi connectivity index (χ1n) is 6.94. The van der Waals surface area contributed by atoms with Crippen LogP contribution in [0.4, 0.5) is 5.95 Å². The molecule has 1 fully saturated rings. The number of amides is 2. The second kappa shape index (κ2) is 5.84. The zero-order valence-electron chi connectivity index (χ0n) is 11.9. The van der Waals surface area contributed by atoms with Crippen molar-refractivity contribution >= 4 is 17.8 Å². The molecule has 0 aliphatic carbocycles. The van der Waals surface area contributed by atoms with Gasteiger partial charge in [0.05, 0.1) is 11.8 Å². The maximum Gasteiger partial charge on any atom is 0.272 e. The van der Waals surface area contributed by atoms with Gasteiger partial charge in [0.15, 0.2) is 5.95 Å². The molecule has 0 unspecified atom stereocenters. The van der Waals surface area contributed by atoms with Crippen LogP contribution in [0.1, 0.15) is 20.8 Å². The smallest absolute Gasteiger partial charge is 0.272 e. The molecule has 0 saturated carbocycles. The Morgan fingerprint density at radius 1 is 1.09 bits per heavy atom. The molecule has 3 N–H and O–H groups in total. The molecule has 0 radical (unpaired) electrons. The van der Waals surface area contributed by atoms with Crippen LogP contribution < -0.4 is 5.73 Å². The number of hydrogen-bond acceptors (Lipinski definition) is 5. The molecule has 3 heterocycles. The fourth-order valence-electron chi connectivity index (χ4n) is 2.40. The number of rotatable bonds is 2. The number of anilines is 1. The SMILES string of the molecule is Nc1ncc(C(=O)N2CCN(C(=O)c3cccnc3)CC2)[nH]1. The average Bonchev–Trinajstić information content (AvgIpc) is 3.01. The number of hydrogen-bond donors (Lipinski definition) is 2. The number of nitrogens with two attached hydrogens (primary N) is 1. The molecule has 0 aromatic carbocycles. The van der Waals surface area contributed by atoms with Crippen molar-refractivity contribution in [3.63, 3.8) is 0 Å². The molecule has 1 aliphatic rings. The van der Waals surface area contributed by atoms with Crippen LogP contribution in [0, 0.1) is 0 Å². The topological polar surface area (TPSA) is 108 Å². The van der Waals surface area contributed by atoms with Crippen LogP contribution in [0.5, 0.6) is 0 Å². The summed E-state index contributed by atoms with van der Waals surface area (Å²) >= 11 is 0. The Labute approximate surface area is 127 Å². The summed E-state index contributed by atoms with van der Waals surface area (Å²) in [6.45, 7) is 1.93. The molecule has 0 bridgehead atoms. The van der Waals surface area contributed by atoms with E-state index in [4.69, 9.17) is 5.73 Å². The molecule has 1 aliphatic heterocycles. The summed E-state index contributed by atoms with van der Waals surface area (Å²) in [4.78, 5) is 38.4. The van der Waals surface area contributed by atoms with Crippen LogP contribution in [-0.4, -0.2) is 62.7 Å². The molecular formula is C14H16N6O2. The van der Waals surface area contributed by atoms with E-state index in [0.29, 0.717) is 37.4 Å². The van der Waals surface area contributed by atoms with Crippen molar-refractivity contribution in [1.82, 2.24) is 24.8 Å². The normalized spacial score (nSPS) is 14.9. The zero-order chi connectivity index (χ0) is 15.5. The zero-order valence-corrected chi connectivity index (χ0v) is 11.9. The predicted octanol–water partition coefficient (Wildman–Crippen LogP) is -0.0149. The second-order valence-electron chi connectivity index (χ2n) is 5.01. The fourth-order valence-corrected chi connectivity index (χ4v) is 2.40. The van der Waals surface area contributed by atoms with Crippen molar-refractivity contribution in [1.29, 1.82) is 0 Å². The highest BCUT2D eigenvalue weighted by atomic mass is 16.2. The lowest BCUT2D eigenvalue weighted by atomic mass is 10.2. The number of carbonyl (C=O) groups excluding carboxylic acids is 2. The predicted molar refractivity (Wildman–Crippen MR) is 79.0 cm³/mol. The number of pyridine rings is 1. The third-order valence-electron chi connectivity index (χ3n) is 3.59. The minimum atomic E-state index is -0.155. The number of nitrogens with one attached hydrogen (secondary N) is 1. The van der Waals surface area contributed by atoms with Gasteiger partial charge >= 0.3 is 0 Å². The number of aromatic amines is 1. The van der Waals surface area contributed by atoms with Gasteiger partial charge in [-0.05, 0) is 12.1 Å². The van der Waals surface area contributed by atoms with Crippen molar-refractivity contribution < 1.29 is 9.59 Å². The van der Waals surface area contributed by atoms with Crippen LogP contribution >= 0.6 is 0 Å². The van der Waals surface area contributed by atoms with Gasteiger partial charge in [-0.25, -0.2) is 4.98 Å². The van der Waals surface area contributed by atoms with E-state index in [9.17, 15) is 9.59 Å². The van der Waals surface area contributed by atoms with E-state index < -0.39 is 0 Å². The van der Waals surface area contributed by atoms with E-state index in [-0.39, 0.29) is 17.8 Å². The molecule has 2 amide bonds. The molecule has 0 atom stereocenters. The lowest BCUT2D eigenvalue weighted by Crippen LogP contribution is -2.50. The molecule has 1 saturated heterocycles. The number of nitrogens with zero attached hydrogens (tertiary/aromatic N) is 4. The van der Waals surface area contributed by atoms with Gasteiger partial charge in [-0.15, -0.1) is 0 Å². The number of imidazole rings is 1. The van der Waals surface area contributed by atoms with Gasteiger partial charge in [0, 0.05) is 38.6 Å². The van der Waals surface area contributed by atoms with Gasteiger partial charge in [0.1, 0.15) is 5.69 Å². The van der Waals surface area contributed by atoms with Gasteiger partial charge in [-0.1, -0.05) is 0 Å². The maximum atomic E-state index is 12.3. The molecule has 2 aromatic rings. The standard InChI is InChI=1S/C14H16N6O2/c15-14-17-9-11(18-14)13(22)20-6-4-19(5-7-20)12(21)10-2-1-3-16-8-10/h1-3,8-9H,4-7H2,(H3,15,17,18). The van der Waals surface area contributed by atoms with Gasteiger partial charge in [0.25, 0.3) is 11.8 Å². The molecular weight excluding hydrogens is 284 g/mol. The summed E-state index contributed by atoms with van der Waals surface area (Å²) in [6, 6.07) is 3.47. The Kier molecular flexibility index (Phi) is 3.73. The molecule has 2 aromatic heterocycles. The van der Waals surface area contributed by atoms with Gasteiger partial charge in [-0.2, -0.15) is 0 Å². The first kappa shape index (κ1) is 14.1. The van der Waals surface area contributed by atoms with E-state index in [1.54, 1.807) is 34.3 Å². The fraction of sp³-hybridized carbons (Fsp3) is 0.286. The molecule has 114 valence electrons. The summed E-state index contributed by atoms with van der Waals surface area (Å²) in [5.41, 5.74) is 6.40. The number of carbonyl (C=O) groups is 2. The lowest BCUT2D eigenvalue weighted by molar-refractivity contribution is 0.0532. The number of piperazine rings is 1. The van der Waals surface area contributed by atoms with Crippen LogP contribution in [0.3, 0.4) is 0 Å². The number of nitrogen functional groups attached to an aromatic ring is 1. The van der Waals surface area contributed by atoms with E-state index in [1.807, 2.05) is 0 Å². The van der Waals surface area contributed by atoms with Crippen LogP contribution in [0.2, 0.25) is 0 Å². The highest BCUT2D eigenvalue weighted by Crippen LogP contribution is 2.11. The lowest BCUT2D eigenvalue weighted by Gasteiger charge is -2.34. The minimum Gasteiger partial charge on any atom is -0.369 e. The van der Waals surface area contributed by atoms with Gasteiger partial charge < -0.3 is 20.5 Å². The Balaban J connectivity index is 1.61. The van der Waals surface area contributed by atoms with Crippen LogP contribution in [-0.2, 0) is 0 Å². The third kappa shape index (κ3) is 2.76. The highest BCUT2D eigenvalue weighted by molar-refractivity contribution is 5.95. The molecule has 3 rings (SSSR count). The Morgan fingerprint density at radius 2 is 1.77 bits per heavy atom. The largest absolute Gasteiger partial charge is 0.369 e. The van der Waals surface area contributed by atoms with Crippen molar-refractivity contribution in [2.24, 2.45) is 0 Å². The maximum absolute atomic E-state index is 12.3. The first-order valence-corrected chi connectivity index (χ1v) is 6.94. The summed E-state index contributed by atoms with van der Waals surface area (Å²) in [5, 5.41) is 0. The quantitative estimate of drug-likeness (QED) is 0.810. The summed E-state index contributed by atoms with van der Waals surface area (Å²) in [7, 11) is 0. The highest BCUT2D eigenvalue weighted by Gasteiger charge is 2.26. The molecule has 8 heteroatoms. The monoisotopic (exact) mass is 300 g/mol. The Hall–Kier alpha value is -2.90. The van der Waals surface area contributed by atoms with E-state index in [0.717, 1.165) is 0 Å². The summed E-state index contributed by atoms with van der Waals surface area (Å²) in [6.07, 6.45) is 4.60. The van der Waals surface area contributed by atoms with E-state index in [2.05, 4.69) is 15.0 Å². The average molecular weight is 300 g/mol. The summed E-state index contributed by atoms with van der Waals surface area (Å²) in [5.74, 6) is -0.00241. The minimum absolute atomic E-state index is 0.0639. The van der Waals surface area contributed by atoms with Crippen LogP contribution in [0.15, 0.2) is 30.7 Å². The molecule has 8 nitrogen and oxygen atoms in total. The van der Waals surface area contributed by atoms with Gasteiger partial charge in [0.2, 0.25) is 0 Å². The first-order chi connectivity index (χ1) is 10.6. The van der Waals surface area contributed by atoms with Crippen molar-refractivity contribution in [3.05, 3.63) is 42.0 Å². The third-order valence-corrected chi connectivity index (χ3v) is 3.59. The van der Waals surface area contributed by atoms with E-state index in [1.165, 1.54) is 6.20 Å². The number of H-pyrrole nitrogens is 1. The molecule has 22 heavy (non-hydrogen) atoms. The van der Waals surface area contributed by atoms with E-state index >= 15 is 0 Å². The van der Waals surface area contributed by atoms with Crippen molar-refractivity contribution in [2.45, 2.75) is 0 Å². The van der Waals surface area contributed by atoms with Crippen molar-refractivity contribution in [3.8, 4) is 0 Å². The Morgan fingerprint density at radius 3 is 2.32 bits per heavy atom. The van der Waals surface area contributed by atoms with Crippen LogP contribution in [0.25, 0.3) is 0 Å². The number of aromatic nitrogens is 3. The molecule has 0 spiro atoms. The second-order valence-corrected chi connectivity index (χ2v) is 5.01. The van der Waals surface area contributed by atoms with Crippen molar-refractivity contribution in [2.75, 3.05) is 31.9 Å². The Bertz CT molecular complexity index is 676. The summed E-state index contributed by atoms with van der Waals surface area (Å²) < 4.78 is 0.